The smallest absolute Gasteiger partial charge is 0.211 e. The molecule has 0 aliphatic carbocycles. The van der Waals surface area contributed by atoms with Gasteiger partial charge in [-0.2, -0.15) is 0 Å². The third kappa shape index (κ3) is 4.91. The molecule has 1 saturated heterocycles. The molecule has 0 saturated carbocycles. The number of piperidine rings is 1. The van der Waals surface area contributed by atoms with E-state index in [9.17, 15) is 13.5 Å². The van der Waals surface area contributed by atoms with Gasteiger partial charge in [-0.3, -0.25) is 4.90 Å². The summed E-state index contributed by atoms with van der Waals surface area (Å²) in [4.78, 5) is 2.26. The lowest BCUT2D eigenvalue weighted by molar-refractivity contribution is 0.199. The van der Waals surface area contributed by atoms with E-state index in [1.807, 2.05) is 31.2 Å². The van der Waals surface area contributed by atoms with Gasteiger partial charge in [0.05, 0.1) is 12.9 Å². The zero-order valence-electron chi connectivity index (χ0n) is 15.9. The second-order valence-electron chi connectivity index (χ2n) is 7.14. The van der Waals surface area contributed by atoms with E-state index in [-0.39, 0.29) is 17.5 Å². The fraction of sp³-hybridized carbons (Fsp3) is 0.500. The van der Waals surface area contributed by atoms with E-state index in [0.717, 1.165) is 48.0 Å². The van der Waals surface area contributed by atoms with E-state index in [4.69, 9.17) is 4.74 Å². The number of nitrogens with zero attached hydrogens (tertiary/aromatic N) is 1. The van der Waals surface area contributed by atoms with Crippen molar-refractivity contribution in [2.24, 2.45) is 0 Å². The number of phenolic OH excluding ortho intramolecular Hbond substituents is 1. The van der Waals surface area contributed by atoms with Gasteiger partial charge in [-0.1, -0.05) is 19.1 Å². The quantitative estimate of drug-likeness (QED) is 0.758. The molecule has 0 atom stereocenters. The summed E-state index contributed by atoms with van der Waals surface area (Å²) in [7, 11) is -1.54. The van der Waals surface area contributed by atoms with Crippen molar-refractivity contribution in [3.05, 3.63) is 35.9 Å². The number of nitrogens with one attached hydrogen (secondary N) is 1. The van der Waals surface area contributed by atoms with Crippen molar-refractivity contribution in [2.45, 2.75) is 38.8 Å². The van der Waals surface area contributed by atoms with E-state index in [0.29, 0.717) is 13.0 Å². The first-order valence-corrected chi connectivity index (χ1v) is 11.1. The molecule has 27 heavy (non-hydrogen) atoms. The number of hydrogen-bond acceptors (Lipinski definition) is 5. The summed E-state index contributed by atoms with van der Waals surface area (Å²) >= 11 is 0. The van der Waals surface area contributed by atoms with Gasteiger partial charge in [-0.25, -0.2) is 13.1 Å². The number of methoxy groups -OCH3 is 1. The van der Waals surface area contributed by atoms with Gasteiger partial charge in [0.2, 0.25) is 10.0 Å². The zero-order chi connectivity index (χ0) is 19.4. The molecule has 6 nitrogen and oxygen atoms in total. The molecule has 1 fully saturated rings. The highest BCUT2D eigenvalue weighted by molar-refractivity contribution is 7.89. The Bertz CT molecular complexity index is 890. The Morgan fingerprint density at radius 3 is 2.59 bits per heavy atom. The van der Waals surface area contributed by atoms with Gasteiger partial charge in [-0.05, 0) is 48.2 Å². The first kappa shape index (κ1) is 19.9. The number of benzene rings is 2. The van der Waals surface area contributed by atoms with Crippen LogP contribution >= 0.6 is 0 Å². The van der Waals surface area contributed by atoms with Crippen LogP contribution in [0.15, 0.2) is 30.3 Å². The van der Waals surface area contributed by atoms with Crippen molar-refractivity contribution in [1.82, 2.24) is 9.62 Å². The zero-order valence-corrected chi connectivity index (χ0v) is 16.8. The highest BCUT2D eigenvalue weighted by Crippen LogP contribution is 2.31. The minimum Gasteiger partial charge on any atom is -0.508 e. The van der Waals surface area contributed by atoms with Gasteiger partial charge in [0, 0.05) is 31.2 Å². The Morgan fingerprint density at radius 2 is 1.93 bits per heavy atom. The van der Waals surface area contributed by atoms with Crippen molar-refractivity contribution in [3.63, 3.8) is 0 Å². The lowest BCUT2D eigenvalue weighted by Gasteiger charge is -2.32. The Kier molecular flexibility index (Phi) is 6.24. The molecule has 7 heteroatoms. The predicted molar refractivity (Wildman–Crippen MR) is 108 cm³/mol. The second-order valence-corrected chi connectivity index (χ2v) is 9.01. The van der Waals surface area contributed by atoms with Crippen molar-refractivity contribution >= 4 is 20.8 Å². The summed E-state index contributed by atoms with van der Waals surface area (Å²) in [6.07, 6.45) is 2.17. The lowest BCUT2D eigenvalue weighted by Crippen LogP contribution is -2.44. The van der Waals surface area contributed by atoms with Gasteiger partial charge in [-0.15, -0.1) is 0 Å². The second kappa shape index (κ2) is 8.46. The minimum atomic E-state index is -3.17. The topological polar surface area (TPSA) is 78.9 Å². The number of ether oxygens (including phenoxy) is 1. The fourth-order valence-corrected chi connectivity index (χ4v) is 5.06. The molecule has 0 spiro atoms. The molecule has 1 aliphatic rings. The van der Waals surface area contributed by atoms with Crippen LogP contribution in [0.4, 0.5) is 0 Å². The van der Waals surface area contributed by atoms with Crippen molar-refractivity contribution in [1.29, 1.82) is 0 Å². The van der Waals surface area contributed by atoms with E-state index >= 15 is 0 Å². The van der Waals surface area contributed by atoms with E-state index in [1.165, 1.54) is 0 Å². The number of rotatable bonds is 7. The maximum atomic E-state index is 12.0. The van der Waals surface area contributed by atoms with E-state index < -0.39 is 10.0 Å². The summed E-state index contributed by atoms with van der Waals surface area (Å²) in [5.74, 6) is 1.22. The molecule has 0 radical (unpaired) electrons. The number of hydrogen-bond donors (Lipinski definition) is 2. The van der Waals surface area contributed by atoms with E-state index in [2.05, 4.69) is 9.62 Å². The van der Waals surface area contributed by atoms with Gasteiger partial charge in [0.15, 0.2) is 0 Å². The van der Waals surface area contributed by atoms with Crippen molar-refractivity contribution in [3.8, 4) is 11.5 Å². The highest BCUT2D eigenvalue weighted by Gasteiger charge is 2.24. The number of sulfonamides is 1. The fourth-order valence-electron chi connectivity index (χ4n) is 3.66. The largest absolute Gasteiger partial charge is 0.508 e. The average Bonchev–Trinajstić information content (AvgIpc) is 2.64. The first-order valence-electron chi connectivity index (χ1n) is 9.43. The van der Waals surface area contributed by atoms with Crippen LogP contribution < -0.4 is 9.46 Å². The van der Waals surface area contributed by atoms with Crippen LogP contribution in [0.5, 0.6) is 11.5 Å². The Labute approximate surface area is 161 Å². The summed E-state index contributed by atoms with van der Waals surface area (Å²) in [5, 5.41) is 12.5. The van der Waals surface area contributed by atoms with Gasteiger partial charge in [0.1, 0.15) is 11.5 Å². The maximum Gasteiger partial charge on any atom is 0.211 e. The summed E-state index contributed by atoms with van der Waals surface area (Å²) in [6.45, 7) is 4.08. The first-order chi connectivity index (χ1) is 12.9. The van der Waals surface area contributed by atoms with Crippen LogP contribution in [0.25, 0.3) is 10.8 Å². The maximum absolute atomic E-state index is 12.0. The predicted octanol–water partition coefficient (Wildman–Crippen LogP) is 2.85. The molecule has 0 bridgehead atoms. The standard InChI is InChI=1S/C20H28N2O4S/c1-3-12-27(24,25)21-16-8-10-22(11-9-16)14-19-18-13-17(26-2)6-4-15(18)5-7-20(19)23/h4-7,13,16,21,23H,3,8-12,14H2,1-2H3. The van der Waals surface area contributed by atoms with Crippen LogP contribution in [0.2, 0.25) is 0 Å². The SMILES string of the molecule is CCCS(=O)(=O)NC1CCN(Cc2c(O)ccc3ccc(OC)cc23)CC1. The molecule has 1 heterocycles. The molecule has 0 unspecified atom stereocenters. The molecule has 2 N–H and O–H groups in total. The van der Waals surface area contributed by atoms with Crippen LogP contribution in [-0.2, 0) is 16.6 Å². The Morgan fingerprint density at radius 1 is 1.22 bits per heavy atom. The van der Waals surface area contributed by atoms with Crippen molar-refractivity contribution in [2.75, 3.05) is 26.0 Å². The summed E-state index contributed by atoms with van der Waals surface area (Å²) < 4.78 is 32.0. The monoisotopic (exact) mass is 392 g/mol. The third-order valence-electron chi connectivity index (χ3n) is 5.10. The molecule has 0 aromatic heterocycles. The minimum absolute atomic E-state index is 0.000918. The molecule has 148 valence electrons. The third-order valence-corrected chi connectivity index (χ3v) is 6.74. The molecular formula is C20H28N2O4S. The average molecular weight is 393 g/mol. The van der Waals surface area contributed by atoms with Crippen LogP contribution in [0.3, 0.4) is 0 Å². The number of phenols is 1. The molecule has 0 amide bonds. The molecule has 2 aromatic rings. The van der Waals surface area contributed by atoms with Gasteiger partial charge in [0.25, 0.3) is 0 Å². The van der Waals surface area contributed by atoms with E-state index in [1.54, 1.807) is 13.2 Å². The molecule has 2 aromatic carbocycles. The molecule has 1 aliphatic heterocycles. The number of likely N-dealkylation sites (tertiary alicyclic amines) is 1. The lowest BCUT2D eigenvalue weighted by atomic mass is 10.0. The highest BCUT2D eigenvalue weighted by atomic mass is 32.2. The number of aromatic hydroxyl groups is 1. The molecular weight excluding hydrogens is 364 g/mol. The summed E-state index contributed by atoms with van der Waals surface area (Å²) in [5.41, 5.74) is 0.886. The van der Waals surface area contributed by atoms with Crippen LogP contribution in [0.1, 0.15) is 31.7 Å². The number of fused-ring (bicyclic) bond motifs is 1. The Balaban J connectivity index is 1.69. The Hall–Kier alpha value is -1.83. The van der Waals surface area contributed by atoms with Crippen molar-refractivity contribution < 1.29 is 18.3 Å². The van der Waals surface area contributed by atoms with Crippen LogP contribution in [-0.4, -0.2) is 50.4 Å². The normalized spacial score (nSPS) is 16.7. The summed E-state index contributed by atoms with van der Waals surface area (Å²) in [6, 6.07) is 9.50. The molecule has 3 rings (SSSR count). The van der Waals surface area contributed by atoms with Gasteiger partial charge < -0.3 is 9.84 Å². The van der Waals surface area contributed by atoms with Crippen LogP contribution in [0, 0.1) is 0 Å². The van der Waals surface area contributed by atoms with Gasteiger partial charge >= 0.3 is 0 Å².